The van der Waals surface area contributed by atoms with Crippen LogP contribution in [-0.4, -0.2) is 54.0 Å². The van der Waals surface area contributed by atoms with Gasteiger partial charge >= 0.3 is 5.97 Å². The first kappa shape index (κ1) is 25.6. The normalized spacial score (nSPS) is 14.7. The Hall–Kier alpha value is -3.01. The minimum atomic E-state index is -1.00. The number of halogens is 1. The molecule has 0 bridgehead atoms. The predicted octanol–water partition coefficient (Wildman–Crippen LogP) is 5.09. The molecule has 2 aromatic carbocycles. The Balaban J connectivity index is 1.78. The van der Waals surface area contributed by atoms with E-state index in [0.29, 0.717) is 48.1 Å². The highest BCUT2D eigenvalue weighted by molar-refractivity contribution is 8.18. The highest BCUT2D eigenvalue weighted by atomic mass is 35.5. The monoisotopic (exact) mass is 505 g/mol. The number of aromatic carboxylic acids is 1. The van der Waals surface area contributed by atoms with E-state index in [0.717, 1.165) is 17.3 Å². The van der Waals surface area contributed by atoms with E-state index in [1.165, 1.54) is 17.0 Å². The van der Waals surface area contributed by atoms with Gasteiger partial charge in [-0.1, -0.05) is 23.7 Å². The Morgan fingerprint density at radius 3 is 2.56 bits per heavy atom. The number of hydrogen-bond donors (Lipinski definition) is 1. The molecule has 1 saturated heterocycles. The quantitative estimate of drug-likeness (QED) is 0.333. The second-order valence-electron chi connectivity index (χ2n) is 7.23. The van der Waals surface area contributed by atoms with Crippen molar-refractivity contribution in [3.8, 4) is 11.5 Å². The molecule has 0 spiro atoms. The zero-order valence-electron chi connectivity index (χ0n) is 18.7. The number of carbonyl (C=O) groups excluding carboxylic acids is 2. The first-order valence-electron chi connectivity index (χ1n) is 10.5. The van der Waals surface area contributed by atoms with E-state index in [-0.39, 0.29) is 28.3 Å². The van der Waals surface area contributed by atoms with Crippen molar-refractivity contribution < 1.29 is 33.7 Å². The van der Waals surface area contributed by atoms with Gasteiger partial charge in [0, 0.05) is 20.3 Å². The lowest BCUT2D eigenvalue weighted by atomic mass is 10.1. The topological polar surface area (TPSA) is 102 Å². The number of imide groups is 1. The Kier molecular flexibility index (Phi) is 8.98. The number of benzene rings is 2. The second-order valence-corrected chi connectivity index (χ2v) is 8.63. The summed E-state index contributed by atoms with van der Waals surface area (Å²) in [5.74, 6) is -0.638. The minimum Gasteiger partial charge on any atom is -0.490 e. The Morgan fingerprint density at radius 1 is 1.18 bits per heavy atom. The number of ether oxygens (including phenoxy) is 3. The maximum Gasteiger partial charge on any atom is 0.335 e. The van der Waals surface area contributed by atoms with Crippen molar-refractivity contribution in [2.75, 3.05) is 26.9 Å². The summed E-state index contributed by atoms with van der Waals surface area (Å²) in [6.45, 7) is 3.08. The van der Waals surface area contributed by atoms with Crippen LogP contribution in [0.3, 0.4) is 0 Å². The lowest BCUT2D eigenvalue weighted by molar-refractivity contribution is -0.122. The summed E-state index contributed by atoms with van der Waals surface area (Å²) in [5.41, 5.74) is 1.54. The molecule has 1 heterocycles. The van der Waals surface area contributed by atoms with Gasteiger partial charge in [0.25, 0.3) is 11.1 Å². The van der Waals surface area contributed by atoms with Crippen molar-refractivity contribution in [3.05, 3.63) is 63.0 Å². The van der Waals surface area contributed by atoms with Gasteiger partial charge in [-0.25, -0.2) is 4.79 Å². The summed E-state index contributed by atoms with van der Waals surface area (Å²) in [6, 6.07) is 9.64. The summed E-state index contributed by atoms with van der Waals surface area (Å²) >= 11 is 7.35. The van der Waals surface area contributed by atoms with Crippen molar-refractivity contribution in [2.24, 2.45) is 0 Å². The third kappa shape index (κ3) is 6.31. The first-order chi connectivity index (χ1) is 16.3. The molecule has 8 nitrogen and oxygen atoms in total. The molecule has 1 aliphatic heterocycles. The summed E-state index contributed by atoms with van der Waals surface area (Å²) in [5, 5.41) is 8.97. The summed E-state index contributed by atoms with van der Waals surface area (Å²) < 4.78 is 16.6. The van der Waals surface area contributed by atoms with Crippen LogP contribution in [0.1, 0.15) is 34.8 Å². The maximum absolute atomic E-state index is 12.7. The zero-order valence-corrected chi connectivity index (χ0v) is 20.3. The SMILES string of the molecule is CCOc1cc(/C=C2/SC(=O)N(CCCOC)C2=O)cc(Cl)c1OCc1ccc(C(=O)O)cc1. The van der Waals surface area contributed by atoms with E-state index in [1.54, 1.807) is 37.5 Å². The number of rotatable bonds is 11. The fraction of sp³-hybridized carbons (Fsp3) is 0.292. The molecule has 0 unspecified atom stereocenters. The van der Waals surface area contributed by atoms with E-state index in [4.69, 9.17) is 30.9 Å². The highest BCUT2D eigenvalue weighted by Gasteiger charge is 2.34. The Morgan fingerprint density at radius 2 is 1.91 bits per heavy atom. The molecular weight excluding hydrogens is 482 g/mol. The molecule has 0 aromatic heterocycles. The van der Waals surface area contributed by atoms with Gasteiger partial charge in [0.1, 0.15) is 6.61 Å². The molecule has 34 heavy (non-hydrogen) atoms. The van der Waals surface area contributed by atoms with Crippen LogP contribution in [0.2, 0.25) is 5.02 Å². The van der Waals surface area contributed by atoms with E-state index < -0.39 is 5.97 Å². The first-order valence-corrected chi connectivity index (χ1v) is 11.7. The summed E-state index contributed by atoms with van der Waals surface area (Å²) in [6.07, 6.45) is 2.16. The molecule has 2 amide bonds. The average molecular weight is 506 g/mol. The van der Waals surface area contributed by atoms with Gasteiger partial charge in [-0.3, -0.25) is 14.5 Å². The van der Waals surface area contributed by atoms with Crippen LogP contribution in [-0.2, 0) is 16.1 Å². The summed E-state index contributed by atoms with van der Waals surface area (Å²) in [4.78, 5) is 37.4. The van der Waals surface area contributed by atoms with Crippen LogP contribution < -0.4 is 9.47 Å². The number of thioether (sulfide) groups is 1. The van der Waals surface area contributed by atoms with Gasteiger partial charge in [-0.2, -0.15) is 0 Å². The molecule has 1 fully saturated rings. The molecule has 0 saturated carbocycles. The Labute approximate surface area is 206 Å². The number of carbonyl (C=O) groups is 3. The number of hydrogen-bond acceptors (Lipinski definition) is 7. The smallest absolute Gasteiger partial charge is 0.335 e. The van der Waals surface area contributed by atoms with Crippen LogP contribution in [0.4, 0.5) is 4.79 Å². The van der Waals surface area contributed by atoms with Crippen molar-refractivity contribution in [1.29, 1.82) is 0 Å². The molecule has 0 aliphatic carbocycles. The minimum absolute atomic E-state index is 0.152. The van der Waals surface area contributed by atoms with E-state index in [2.05, 4.69) is 0 Å². The van der Waals surface area contributed by atoms with Gasteiger partial charge in [0.2, 0.25) is 0 Å². The molecule has 0 atom stereocenters. The van der Waals surface area contributed by atoms with Crippen molar-refractivity contribution >= 4 is 46.6 Å². The molecule has 180 valence electrons. The number of carboxylic acids is 1. The van der Waals surface area contributed by atoms with E-state index in [9.17, 15) is 14.4 Å². The van der Waals surface area contributed by atoms with E-state index >= 15 is 0 Å². The molecule has 1 aliphatic rings. The van der Waals surface area contributed by atoms with Gasteiger partial charge in [-0.05, 0) is 66.6 Å². The molecule has 2 aromatic rings. The number of carboxylic acid groups (broad SMARTS) is 1. The summed E-state index contributed by atoms with van der Waals surface area (Å²) in [7, 11) is 1.57. The fourth-order valence-electron chi connectivity index (χ4n) is 3.18. The standard InChI is InChI=1S/C24H24ClNO7S/c1-3-32-19-12-16(13-20-22(27)26(24(30)34-20)9-4-10-31-2)11-18(25)21(19)33-14-15-5-7-17(8-6-15)23(28)29/h5-8,11-13H,3-4,9-10,14H2,1-2H3,(H,28,29)/b20-13+. The molecule has 3 rings (SSSR count). The molecule has 0 radical (unpaired) electrons. The van der Waals surface area contributed by atoms with Crippen molar-refractivity contribution in [1.82, 2.24) is 4.90 Å². The van der Waals surface area contributed by atoms with Crippen LogP contribution in [0.25, 0.3) is 6.08 Å². The van der Waals surface area contributed by atoms with Crippen LogP contribution >= 0.6 is 23.4 Å². The molecular formula is C24H24ClNO7S. The van der Waals surface area contributed by atoms with Gasteiger partial charge in [0.15, 0.2) is 11.5 Å². The largest absolute Gasteiger partial charge is 0.490 e. The number of amides is 2. The van der Waals surface area contributed by atoms with Crippen LogP contribution in [0.15, 0.2) is 41.3 Å². The van der Waals surface area contributed by atoms with Crippen molar-refractivity contribution in [3.63, 3.8) is 0 Å². The lowest BCUT2D eigenvalue weighted by Crippen LogP contribution is -2.29. The third-order valence-electron chi connectivity index (χ3n) is 4.82. The number of nitrogens with zero attached hydrogens (tertiary/aromatic N) is 1. The highest BCUT2D eigenvalue weighted by Crippen LogP contribution is 2.39. The molecule has 1 N–H and O–H groups in total. The lowest BCUT2D eigenvalue weighted by Gasteiger charge is -2.15. The third-order valence-corrected chi connectivity index (χ3v) is 6.01. The van der Waals surface area contributed by atoms with Crippen molar-refractivity contribution in [2.45, 2.75) is 20.0 Å². The zero-order chi connectivity index (χ0) is 24.7. The molecule has 10 heteroatoms. The van der Waals surface area contributed by atoms with Crippen LogP contribution in [0.5, 0.6) is 11.5 Å². The Bertz CT molecular complexity index is 1100. The van der Waals surface area contributed by atoms with Gasteiger partial charge < -0.3 is 19.3 Å². The van der Waals surface area contributed by atoms with Crippen LogP contribution in [0, 0.1) is 0 Å². The van der Waals surface area contributed by atoms with Gasteiger partial charge in [-0.15, -0.1) is 0 Å². The predicted molar refractivity (Wildman–Crippen MR) is 130 cm³/mol. The number of methoxy groups -OCH3 is 1. The fourth-order valence-corrected chi connectivity index (χ4v) is 4.32. The maximum atomic E-state index is 12.7. The second kappa shape index (κ2) is 11.9. The van der Waals surface area contributed by atoms with Gasteiger partial charge in [0.05, 0.1) is 22.1 Å². The average Bonchev–Trinajstić information content (AvgIpc) is 3.06. The van der Waals surface area contributed by atoms with E-state index in [1.807, 2.05) is 6.92 Å².